The smallest absolute Gasteiger partial charge is 0.153 e. The normalized spacial score (nSPS) is 11.9. The molecule has 0 heterocycles. The zero-order valence-electron chi connectivity index (χ0n) is 6.71. The molecule has 11 heavy (non-hydrogen) atoms. The average molecular weight is 177 g/mol. The van der Waals surface area contributed by atoms with E-state index in [0.717, 1.165) is 18.7 Å². The number of rotatable bonds is 6. The van der Waals surface area contributed by atoms with Gasteiger partial charge in [0.15, 0.2) is 5.84 Å². The lowest BCUT2D eigenvalue weighted by atomic mass is 10.4. The summed E-state index contributed by atoms with van der Waals surface area (Å²) in [6, 6.07) is 0. The monoisotopic (exact) mass is 177 g/mol. The highest BCUT2D eigenvalue weighted by Gasteiger charge is 1.90. The summed E-state index contributed by atoms with van der Waals surface area (Å²) < 4.78 is 0. The van der Waals surface area contributed by atoms with Gasteiger partial charge in [-0.2, -0.15) is 11.8 Å². The van der Waals surface area contributed by atoms with Crippen LogP contribution in [0, 0.1) is 0 Å². The number of oxime groups is 1. The first-order chi connectivity index (χ1) is 5.31. The number of nitrogens with zero attached hydrogens (tertiary/aromatic N) is 1. The van der Waals surface area contributed by atoms with Crippen LogP contribution in [-0.2, 0) is 0 Å². The van der Waals surface area contributed by atoms with Crippen molar-refractivity contribution in [2.45, 2.75) is 6.42 Å². The van der Waals surface area contributed by atoms with Crippen LogP contribution in [0.25, 0.3) is 0 Å². The summed E-state index contributed by atoms with van der Waals surface area (Å²) in [5.74, 6) is 1.37. The summed E-state index contributed by atoms with van der Waals surface area (Å²) in [5, 5.41) is 14.0. The summed E-state index contributed by atoms with van der Waals surface area (Å²) in [7, 11) is 0. The van der Waals surface area contributed by atoms with Crippen molar-refractivity contribution in [3.63, 3.8) is 0 Å². The van der Waals surface area contributed by atoms with E-state index in [1.165, 1.54) is 0 Å². The van der Waals surface area contributed by atoms with Gasteiger partial charge in [0.25, 0.3) is 0 Å². The topological polar surface area (TPSA) is 70.6 Å². The van der Waals surface area contributed by atoms with E-state index in [1.807, 2.05) is 11.8 Å². The van der Waals surface area contributed by atoms with Crippen molar-refractivity contribution in [2.75, 3.05) is 25.1 Å². The van der Waals surface area contributed by atoms with Gasteiger partial charge in [-0.05, 0) is 25.0 Å². The standard InChI is InChI=1S/C6H15N3OS/c1-11-4-2-3-8-5-6(7)9-10/h8,10H,2-5H2,1H3,(H2,7,9). The third kappa shape index (κ3) is 7.48. The minimum absolute atomic E-state index is 0.231. The van der Waals surface area contributed by atoms with Gasteiger partial charge < -0.3 is 16.3 Å². The van der Waals surface area contributed by atoms with Gasteiger partial charge in [0, 0.05) is 0 Å². The molecule has 0 amide bonds. The lowest BCUT2D eigenvalue weighted by molar-refractivity contribution is 0.317. The molecule has 0 aromatic rings. The number of amidine groups is 1. The molecule has 0 radical (unpaired) electrons. The molecule has 0 aliphatic rings. The zero-order valence-corrected chi connectivity index (χ0v) is 7.52. The Morgan fingerprint density at radius 1 is 1.73 bits per heavy atom. The van der Waals surface area contributed by atoms with Crippen LogP contribution in [0.3, 0.4) is 0 Å². The molecule has 4 N–H and O–H groups in total. The van der Waals surface area contributed by atoms with Gasteiger partial charge in [0.05, 0.1) is 6.54 Å². The Labute approximate surface area is 71.2 Å². The van der Waals surface area contributed by atoms with Crippen LogP contribution >= 0.6 is 11.8 Å². The fraction of sp³-hybridized carbons (Fsp3) is 0.833. The predicted octanol–water partition coefficient (Wildman–Crippen LogP) is 0.0755. The minimum Gasteiger partial charge on any atom is -0.409 e. The van der Waals surface area contributed by atoms with Crippen molar-refractivity contribution in [1.82, 2.24) is 5.32 Å². The second kappa shape index (κ2) is 7.68. The zero-order chi connectivity index (χ0) is 8.53. The van der Waals surface area contributed by atoms with Gasteiger partial charge in [0.1, 0.15) is 0 Å². The lowest BCUT2D eigenvalue weighted by Crippen LogP contribution is -2.29. The van der Waals surface area contributed by atoms with Crippen molar-refractivity contribution in [3.8, 4) is 0 Å². The lowest BCUT2D eigenvalue weighted by Gasteiger charge is -2.01. The molecule has 0 unspecified atom stereocenters. The van der Waals surface area contributed by atoms with Crippen molar-refractivity contribution in [2.24, 2.45) is 10.9 Å². The maximum atomic E-state index is 8.16. The van der Waals surface area contributed by atoms with E-state index in [4.69, 9.17) is 10.9 Å². The van der Waals surface area contributed by atoms with Crippen molar-refractivity contribution in [1.29, 1.82) is 0 Å². The van der Waals surface area contributed by atoms with Gasteiger partial charge in [-0.1, -0.05) is 5.16 Å². The summed E-state index contributed by atoms with van der Waals surface area (Å²) in [6.45, 7) is 1.38. The summed E-state index contributed by atoms with van der Waals surface area (Å²) >= 11 is 1.82. The SMILES string of the molecule is CSCCCNCC(N)=NO. The highest BCUT2D eigenvalue weighted by molar-refractivity contribution is 7.98. The Kier molecular flexibility index (Phi) is 7.39. The van der Waals surface area contributed by atoms with E-state index in [2.05, 4.69) is 16.7 Å². The van der Waals surface area contributed by atoms with Crippen LogP contribution in [0.2, 0.25) is 0 Å². The third-order valence-corrected chi connectivity index (χ3v) is 1.83. The maximum absolute atomic E-state index is 8.16. The summed E-state index contributed by atoms with van der Waals surface area (Å²) in [5.41, 5.74) is 5.22. The first kappa shape index (κ1) is 10.6. The minimum atomic E-state index is 0.231. The fourth-order valence-electron chi connectivity index (χ4n) is 0.593. The second-order valence-electron chi connectivity index (χ2n) is 2.11. The van der Waals surface area contributed by atoms with E-state index in [0.29, 0.717) is 6.54 Å². The van der Waals surface area contributed by atoms with Gasteiger partial charge >= 0.3 is 0 Å². The number of nitrogens with one attached hydrogen (secondary N) is 1. The molecule has 0 rings (SSSR count). The molecule has 66 valence electrons. The predicted molar refractivity (Wildman–Crippen MR) is 49.3 cm³/mol. The van der Waals surface area contributed by atoms with Crippen LogP contribution in [0.1, 0.15) is 6.42 Å². The molecule has 0 aromatic heterocycles. The molecule has 0 aliphatic carbocycles. The van der Waals surface area contributed by atoms with E-state index < -0.39 is 0 Å². The molecule has 0 aliphatic heterocycles. The van der Waals surface area contributed by atoms with Crippen molar-refractivity contribution < 1.29 is 5.21 Å². The molecule has 0 saturated heterocycles. The molecular formula is C6H15N3OS. The van der Waals surface area contributed by atoms with Gasteiger partial charge in [0.2, 0.25) is 0 Å². The van der Waals surface area contributed by atoms with E-state index in [9.17, 15) is 0 Å². The van der Waals surface area contributed by atoms with Gasteiger partial charge in [-0.15, -0.1) is 0 Å². The average Bonchev–Trinajstić information content (AvgIpc) is 2.04. The summed E-state index contributed by atoms with van der Waals surface area (Å²) in [6.07, 6.45) is 3.18. The third-order valence-electron chi connectivity index (χ3n) is 1.14. The van der Waals surface area contributed by atoms with Crippen molar-refractivity contribution in [3.05, 3.63) is 0 Å². The number of hydrogen-bond donors (Lipinski definition) is 3. The molecule has 4 nitrogen and oxygen atoms in total. The number of thioether (sulfide) groups is 1. The molecule has 0 saturated carbocycles. The van der Waals surface area contributed by atoms with E-state index in [1.54, 1.807) is 0 Å². The largest absolute Gasteiger partial charge is 0.409 e. The molecular weight excluding hydrogens is 162 g/mol. The molecule has 0 spiro atoms. The fourth-order valence-corrected chi connectivity index (χ4v) is 1.03. The van der Waals surface area contributed by atoms with E-state index in [-0.39, 0.29) is 5.84 Å². The quantitative estimate of drug-likeness (QED) is 0.177. The highest BCUT2D eigenvalue weighted by Crippen LogP contribution is 1.92. The summed E-state index contributed by atoms with van der Waals surface area (Å²) in [4.78, 5) is 0. The first-order valence-electron chi connectivity index (χ1n) is 3.47. The van der Waals surface area contributed by atoms with Crippen LogP contribution in [0.5, 0.6) is 0 Å². The number of nitrogens with two attached hydrogens (primary N) is 1. The van der Waals surface area contributed by atoms with Gasteiger partial charge in [-0.25, -0.2) is 0 Å². The van der Waals surface area contributed by atoms with Gasteiger partial charge in [-0.3, -0.25) is 0 Å². The highest BCUT2D eigenvalue weighted by atomic mass is 32.2. The van der Waals surface area contributed by atoms with Crippen LogP contribution in [0.15, 0.2) is 5.16 Å². The molecule has 0 fully saturated rings. The Bertz CT molecular complexity index is 118. The van der Waals surface area contributed by atoms with Crippen molar-refractivity contribution >= 4 is 17.6 Å². The second-order valence-corrected chi connectivity index (χ2v) is 3.10. The molecule has 0 atom stereocenters. The Balaban J connectivity index is 3.02. The van der Waals surface area contributed by atoms with E-state index >= 15 is 0 Å². The Morgan fingerprint density at radius 3 is 3.00 bits per heavy atom. The molecule has 0 bridgehead atoms. The molecule has 0 aromatic carbocycles. The van der Waals surface area contributed by atoms with Crippen LogP contribution in [-0.4, -0.2) is 36.1 Å². The maximum Gasteiger partial charge on any atom is 0.153 e. The Hall–Kier alpha value is -0.420. The molecule has 5 heteroatoms. The first-order valence-corrected chi connectivity index (χ1v) is 4.86. The Morgan fingerprint density at radius 2 is 2.45 bits per heavy atom. The number of hydrogen-bond acceptors (Lipinski definition) is 4. The van der Waals surface area contributed by atoms with Crippen LogP contribution in [0.4, 0.5) is 0 Å². The van der Waals surface area contributed by atoms with Crippen LogP contribution < -0.4 is 11.1 Å².